The van der Waals surface area contributed by atoms with Crippen LogP contribution < -0.4 is 5.32 Å². The van der Waals surface area contributed by atoms with Gasteiger partial charge in [-0.3, -0.25) is 0 Å². The van der Waals surface area contributed by atoms with Crippen LogP contribution in [0, 0.1) is 0 Å². The second kappa shape index (κ2) is 3.19. The van der Waals surface area contributed by atoms with Crippen LogP contribution >= 0.6 is 0 Å². The van der Waals surface area contributed by atoms with Crippen molar-refractivity contribution in [2.45, 2.75) is 13.5 Å². The smallest absolute Gasteiger partial charge is 0.0962 e. The summed E-state index contributed by atoms with van der Waals surface area (Å²) in [5.74, 6) is 0. The van der Waals surface area contributed by atoms with Gasteiger partial charge in [-0.15, -0.1) is 0 Å². The van der Waals surface area contributed by atoms with E-state index in [1.807, 2.05) is 0 Å². The van der Waals surface area contributed by atoms with E-state index in [0.29, 0.717) is 0 Å². The molecule has 1 rings (SSSR count). The van der Waals surface area contributed by atoms with E-state index < -0.39 is 0 Å². The van der Waals surface area contributed by atoms with Gasteiger partial charge in [-0.1, -0.05) is 6.92 Å². The van der Waals surface area contributed by atoms with Crippen molar-refractivity contribution in [1.82, 2.24) is 20.7 Å². The van der Waals surface area contributed by atoms with Gasteiger partial charge in [0.25, 0.3) is 0 Å². The van der Waals surface area contributed by atoms with Crippen LogP contribution in [0.2, 0.25) is 0 Å². The van der Waals surface area contributed by atoms with Crippen LogP contribution in [0.25, 0.3) is 0 Å². The van der Waals surface area contributed by atoms with E-state index in [9.17, 15) is 0 Å². The Kier molecular flexibility index (Phi) is 2.21. The Balaban J connectivity index is 0.000000810. The molecule has 1 aromatic rings. The molecule has 2 N–H and O–H groups in total. The minimum Gasteiger partial charge on any atom is -0.311 e. The first-order valence-corrected chi connectivity index (χ1v) is 2.99. The summed E-state index contributed by atoms with van der Waals surface area (Å²) in [5, 5.41) is 13.2. The van der Waals surface area contributed by atoms with Gasteiger partial charge in [-0.2, -0.15) is 15.4 Å². The first-order valence-electron chi connectivity index (χ1n) is 2.99. The van der Waals surface area contributed by atoms with E-state index in [-0.39, 0.29) is 1.43 Å². The molecule has 0 amide bonds. The summed E-state index contributed by atoms with van der Waals surface area (Å²) in [4.78, 5) is 0. The first-order chi connectivity index (χ1) is 4.43. The van der Waals surface area contributed by atoms with Gasteiger partial charge >= 0.3 is 0 Å². The fourth-order valence-electron chi connectivity index (χ4n) is 0.564. The lowest BCUT2D eigenvalue weighted by Crippen LogP contribution is -2.11. The summed E-state index contributed by atoms with van der Waals surface area (Å²) >= 11 is 0. The van der Waals surface area contributed by atoms with Gasteiger partial charge in [0.05, 0.1) is 11.9 Å². The van der Waals surface area contributed by atoms with Crippen molar-refractivity contribution in [1.29, 1.82) is 0 Å². The summed E-state index contributed by atoms with van der Waals surface area (Å²) in [6.45, 7) is 3.82. The molecule has 0 fully saturated rings. The van der Waals surface area contributed by atoms with Crippen molar-refractivity contribution in [3.05, 3.63) is 11.9 Å². The molecule has 0 saturated heterocycles. The SMILES string of the molecule is CCNCc1cn[nH]n1.[HH]. The third-order valence-corrected chi connectivity index (χ3v) is 1.02. The molecule has 0 aliphatic heterocycles. The number of aromatic amines is 1. The number of rotatable bonds is 3. The fraction of sp³-hybridized carbons (Fsp3) is 0.600. The summed E-state index contributed by atoms with van der Waals surface area (Å²) in [6, 6.07) is 0. The molecule has 0 radical (unpaired) electrons. The summed E-state index contributed by atoms with van der Waals surface area (Å²) in [7, 11) is 0. The highest BCUT2D eigenvalue weighted by Gasteiger charge is 1.90. The van der Waals surface area contributed by atoms with Gasteiger partial charge < -0.3 is 5.32 Å². The number of nitrogens with zero attached hydrogens (tertiary/aromatic N) is 2. The summed E-state index contributed by atoms with van der Waals surface area (Å²) in [6.07, 6.45) is 1.71. The van der Waals surface area contributed by atoms with Crippen molar-refractivity contribution in [3.8, 4) is 0 Å². The highest BCUT2D eigenvalue weighted by molar-refractivity contribution is 4.88. The number of hydrogen-bond donors (Lipinski definition) is 2. The number of nitrogens with one attached hydrogen (secondary N) is 2. The van der Waals surface area contributed by atoms with E-state index in [2.05, 4.69) is 27.7 Å². The molecule has 0 aliphatic rings. The maximum Gasteiger partial charge on any atom is 0.0962 e. The molecule has 0 atom stereocenters. The van der Waals surface area contributed by atoms with Crippen molar-refractivity contribution < 1.29 is 1.43 Å². The van der Waals surface area contributed by atoms with Crippen molar-refractivity contribution in [2.75, 3.05) is 6.54 Å². The zero-order chi connectivity index (χ0) is 6.53. The maximum absolute atomic E-state index is 3.86. The van der Waals surface area contributed by atoms with Crippen LogP contribution in [0.15, 0.2) is 6.20 Å². The average Bonchev–Trinajstić information content (AvgIpc) is 2.34. The van der Waals surface area contributed by atoms with Gasteiger partial charge in [0.15, 0.2) is 0 Å². The molecule has 1 heterocycles. The van der Waals surface area contributed by atoms with Gasteiger partial charge in [0.2, 0.25) is 0 Å². The highest BCUT2D eigenvalue weighted by Crippen LogP contribution is 1.84. The molecule has 4 heteroatoms. The van der Waals surface area contributed by atoms with Crippen LogP contribution in [-0.4, -0.2) is 22.0 Å². The van der Waals surface area contributed by atoms with Gasteiger partial charge in [0.1, 0.15) is 0 Å². The summed E-state index contributed by atoms with van der Waals surface area (Å²) < 4.78 is 0. The molecule has 0 saturated carbocycles. The molecule has 9 heavy (non-hydrogen) atoms. The van der Waals surface area contributed by atoms with Crippen LogP contribution in [0.1, 0.15) is 14.0 Å². The van der Waals surface area contributed by atoms with E-state index in [1.54, 1.807) is 6.20 Å². The molecular formula is C5H12N4. The Morgan fingerprint density at radius 1 is 1.89 bits per heavy atom. The Hall–Kier alpha value is -0.900. The first kappa shape index (κ1) is 6.22. The van der Waals surface area contributed by atoms with Gasteiger partial charge in [-0.25, -0.2) is 0 Å². The highest BCUT2D eigenvalue weighted by atomic mass is 15.3. The zero-order valence-corrected chi connectivity index (χ0v) is 5.39. The Bertz CT molecular complexity index is 151. The van der Waals surface area contributed by atoms with Crippen LogP contribution in [0.3, 0.4) is 0 Å². The van der Waals surface area contributed by atoms with Gasteiger partial charge in [0, 0.05) is 7.97 Å². The second-order valence-corrected chi connectivity index (χ2v) is 1.74. The van der Waals surface area contributed by atoms with Crippen LogP contribution in [0.4, 0.5) is 0 Å². The fourth-order valence-corrected chi connectivity index (χ4v) is 0.564. The second-order valence-electron chi connectivity index (χ2n) is 1.74. The van der Waals surface area contributed by atoms with E-state index in [1.165, 1.54) is 0 Å². The Morgan fingerprint density at radius 3 is 3.33 bits per heavy atom. The Labute approximate surface area is 55.1 Å². The number of hydrogen-bond acceptors (Lipinski definition) is 3. The quantitative estimate of drug-likeness (QED) is 0.609. The van der Waals surface area contributed by atoms with Gasteiger partial charge in [-0.05, 0) is 6.54 Å². The molecule has 0 unspecified atom stereocenters. The minimum atomic E-state index is 0. The third kappa shape index (κ3) is 1.81. The van der Waals surface area contributed by atoms with Crippen molar-refractivity contribution in [2.24, 2.45) is 0 Å². The molecular weight excluding hydrogens is 116 g/mol. The standard InChI is InChI=1S/C5H10N4.H2/c1-2-6-3-5-4-7-9-8-5;/h4,6H,2-3H2,1H3,(H,7,8,9);1H. The maximum atomic E-state index is 3.86. The molecule has 52 valence electrons. The monoisotopic (exact) mass is 128 g/mol. The van der Waals surface area contributed by atoms with E-state index in [0.717, 1.165) is 18.8 Å². The molecule has 1 aromatic heterocycles. The van der Waals surface area contributed by atoms with Crippen LogP contribution in [0.5, 0.6) is 0 Å². The van der Waals surface area contributed by atoms with E-state index in [4.69, 9.17) is 0 Å². The number of H-pyrrole nitrogens is 1. The lowest BCUT2D eigenvalue weighted by atomic mass is 10.5. The summed E-state index contributed by atoms with van der Waals surface area (Å²) in [5.41, 5.74) is 0.955. The van der Waals surface area contributed by atoms with E-state index >= 15 is 0 Å². The predicted octanol–water partition coefficient (Wildman–Crippen LogP) is 0.160. The average molecular weight is 128 g/mol. The lowest BCUT2D eigenvalue weighted by Gasteiger charge is -1.92. The molecule has 0 spiro atoms. The molecule has 0 aromatic carbocycles. The number of aromatic nitrogens is 3. The Morgan fingerprint density at radius 2 is 2.78 bits per heavy atom. The van der Waals surface area contributed by atoms with Crippen molar-refractivity contribution >= 4 is 0 Å². The molecule has 4 nitrogen and oxygen atoms in total. The zero-order valence-electron chi connectivity index (χ0n) is 5.39. The lowest BCUT2D eigenvalue weighted by molar-refractivity contribution is 0.707. The molecule has 0 aliphatic carbocycles. The predicted molar refractivity (Wildman–Crippen MR) is 35.9 cm³/mol. The topological polar surface area (TPSA) is 53.6 Å². The van der Waals surface area contributed by atoms with Crippen LogP contribution in [-0.2, 0) is 6.54 Å². The van der Waals surface area contributed by atoms with Crippen molar-refractivity contribution in [3.63, 3.8) is 0 Å². The normalized spacial score (nSPS) is 9.89. The molecule has 0 bridgehead atoms. The largest absolute Gasteiger partial charge is 0.311 e. The third-order valence-electron chi connectivity index (χ3n) is 1.02. The minimum absolute atomic E-state index is 0.